The molecule has 0 amide bonds. The third-order valence-corrected chi connectivity index (χ3v) is 3.92. The number of fused-ring (bicyclic) bond motifs is 1. The van der Waals surface area contributed by atoms with Gasteiger partial charge in [-0.15, -0.1) is 0 Å². The van der Waals surface area contributed by atoms with Crippen LogP contribution in [0.1, 0.15) is 56.4 Å². The highest BCUT2D eigenvalue weighted by Crippen LogP contribution is 2.31. The molecule has 19 heavy (non-hydrogen) atoms. The fraction of sp³-hybridized carbons (Fsp3) is 0.529. The van der Waals surface area contributed by atoms with Crippen LogP contribution in [0.15, 0.2) is 22.6 Å². The molecule has 0 saturated carbocycles. The summed E-state index contributed by atoms with van der Waals surface area (Å²) in [5.41, 5.74) is 3.84. The average molecular weight is 259 g/mol. The molecule has 1 N–H and O–H groups in total. The van der Waals surface area contributed by atoms with Gasteiger partial charge in [-0.1, -0.05) is 33.3 Å². The van der Waals surface area contributed by atoms with Gasteiger partial charge in [-0.2, -0.15) is 0 Å². The van der Waals surface area contributed by atoms with Gasteiger partial charge in [-0.05, 0) is 43.5 Å². The van der Waals surface area contributed by atoms with E-state index in [0.717, 1.165) is 30.7 Å². The lowest BCUT2D eigenvalue weighted by Gasteiger charge is -2.08. The van der Waals surface area contributed by atoms with Gasteiger partial charge in [0, 0.05) is 10.9 Å². The van der Waals surface area contributed by atoms with Crippen molar-refractivity contribution in [3.63, 3.8) is 0 Å². The van der Waals surface area contributed by atoms with Gasteiger partial charge in [-0.3, -0.25) is 0 Å². The average Bonchev–Trinajstić information content (AvgIpc) is 2.76. The van der Waals surface area contributed by atoms with Crippen LogP contribution in [0.25, 0.3) is 11.0 Å². The van der Waals surface area contributed by atoms with Crippen LogP contribution < -0.4 is 5.32 Å². The third kappa shape index (κ3) is 2.84. The SMILES string of the molecule is CCCc1c(CNC)oc2ccc(C(C)CC)cc12. The van der Waals surface area contributed by atoms with Gasteiger partial charge >= 0.3 is 0 Å². The van der Waals surface area contributed by atoms with E-state index in [1.54, 1.807) is 0 Å². The second-order valence-electron chi connectivity index (χ2n) is 5.35. The highest BCUT2D eigenvalue weighted by molar-refractivity contribution is 5.83. The number of rotatable bonds is 6. The maximum atomic E-state index is 6.00. The molecule has 1 aromatic heterocycles. The minimum atomic E-state index is 0.613. The van der Waals surface area contributed by atoms with Crippen LogP contribution in [0.5, 0.6) is 0 Å². The molecule has 0 aliphatic heterocycles. The number of hydrogen-bond acceptors (Lipinski definition) is 2. The Morgan fingerprint density at radius 1 is 1.26 bits per heavy atom. The molecule has 1 unspecified atom stereocenters. The van der Waals surface area contributed by atoms with Crippen molar-refractivity contribution in [3.05, 3.63) is 35.1 Å². The van der Waals surface area contributed by atoms with Gasteiger partial charge < -0.3 is 9.73 Å². The van der Waals surface area contributed by atoms with Gasteiger partial charge in [0.15, 0.2) is 0 Å². The standard InChI is InChI=1S/C17H25NO/c1-5-7-14-15-10-13(12(3)6-2)8-9-16(15)19-17(14)11-18-4/h8-10,12,18H,5-7,11H2,1-4H3. The first kappa shape index (κ1) is 14.1. The zero-order valence-electron chi connectivity index (χ0n) is 12.5. The van der Waals surface area contributed by atoms with Crippen molar-refractivity contribution >= 4 is 11.0 Å². The second-order valence-corrected chi connectivity index (χ2v) is 5.35. The summed E-state index contributed by atoms with van der Waals surface area (Å²) in [6, 6.07) is 6.67. The van der Waals surface area contributed by atoms with Crippen LogP contribution in [0.2, 0.25) is 0 Å². The Hall–Kier alpha value is -1.28. The summed E-state index contributed by atoms with van der Waals surface area (Å²) in [5, 5.41) is 4.51. The van der Waals surface area contributed by atoms with Crippen LogP contribution >= 0.6 is 0 Å². The van der Waals surface area contributed by atoms with Crippen molar-refractivity contribution in [1.82, 2.24) is 5.32 Å². The van der Waals surface area contributed by atoms with E-state index in [-0.39, 0.29) is 0 Å². The number of furan rings is 1. The maximum Gasteiger partial charge on any atom is 0.134 e. The molecule has 0 fully saturated rings. The van der Waals surface area contributed by atoms with E-state index in [1.165, 1.54) is 22.9 Å². The van der Waals surface area contributed by atoms with Gasteiger partial charge in [0.05, 0.1) is 6.54 Å². The van der Waals surface area contributed by atoms with Gasteiger partial charge in [0.25, 0.3) is 0 Å². The number of benzene rings is 1. The van der Waals surface area contributed by atoms with E-state index in [2.05, 4.69) is 44.3 Å². The third-order valence-electron chi connectivity index (χ3n) is 3.92. The zero-order chi connectivity index (χ0) is 13.8. The lowest BCUT2D eigenvalue weighted by atomic mass is 9.95. The van der Waals surface area contributed by atoms with Gasteiger partial charge in [0.2, 0.25) is 0 Å². The van der Waals surface area contributed by atoms with Crippen LogP contribution in [0.3, 0.4) is 0 Å². The van der Waals surface area contributed by atoms with E-state index in [4.69, 9.17) is 4.42 Å². The normalized spacial score (nSPS) is 13.1. The maximum absolute atomic E-state index is 6.00. The Balaban J connectivity index is 2.52. The van der Waals surface area contributed by atoms with Gasteiger partial charge in [-0.25, -0.2) is 0 Å². The lowest BCUT2D eigenvalue weighted by Crippen LogP contribution is -2.06. The summed E-state index contributed by atoms with van der Waals surface area (Å²) in [4.78, 5) is 0. The fourth-order valence-corrected chi connectivity index (χ4v) is 2.59. The van der Waals surface area contributed by atoms with Crippen molar-refractivity contribution < 1.29 is 4.42 Å². The largest absolute Gasteiger partial charge is 0.459 e. The fourth-order valence-electron chi connectivity index (χ4n) is 2.59. The summed E-state index contributed by atoms with van der Waals surface area (Å²) >= 11 is 0. The number of hydrogen-bond donors (Lipinski definition) is 1. The molecule has 0 bridgehead atoms. The predicted octanol–water partition coefficient (Wildman–Crippen LogP) is 4.62. The zero-order valence-corrected chi connectivity index (χ0v) is 12.5. The van der Waals surface area contributed by atoms with Crippen LogP contribution in [0.4, 0.5) is 0 Å². The summed E-state index contributed by atoms with van der Waals surface area (Å²) in [5.74, 6) is 1.71. The molecule has 1 aromatic carbocycles. The van der Waals surface area contributed by atoms with Crippen molar-refractivity contribution in [1.29, 1.82) is 0 Å². The smallest absolute Gasteiger partial charge is 0.134 e. The van der Waals surface area contributed by atoms with Crippen molar-refractivity contribution in [2.75, 3.05) is 7.05 Å². The molecular weight excluding hydrogens is 234 g/mol. The Morgan fingerprint density at radius 3 is 2.68 bits per heavy atom. The minimum absolute atomic E-state index is 0.613. The molecule has 0 aliphatic rings. The molecule has 2 aromatic rings. The van der Waals surface area contributed by atoms with Gasteiger partial charge in [0.1, 0.15) is 11.3 Å². The Labute approximate surface area is 116 Å². The quantitative estimate of drug-likeness (QED) is 0.819. The first-order valence-corrected chi connectivity index (χ1v) is 7.40. The van der Waals surface area contributed by atoms with Crippen LogP contribution in [0, 0.1) is 0 Å². The molecule has 0 aliphatic carbocycles. The molecule has 104 valence electrons. The van der Waals surface area contributed by atoms with E-state index < -0.39 is 0 Å². The Kier molecular flexibility index (Phi) is 4.65. The molecular formula is C17H25NO. The highest BCUT2D eigenvalue weighted by Gasteiger charge is 2.14. The Morgan fingerprint density at radius 2 is 2.05 bits per heavy atom. The number of aryl methyl sites for hydroxylation is 1. The summed E-state index contributed by atoms with van der Waals surface area (Å²) in [6.45, 7) is 7.56. The summed E-state index contributed by atoms with van der Waals surface area (Å²) < 4.78 is 6.00. The van der Waals surface area contributed by atoms with E-state index in [0.29, 0.717) is 5.92 Å². The highest BCUT2D eigenvalue weighted by atomic mass is 16.3. The monoisotopic (exact) mass is 259 g/mol. The first-order chi connectivity index (χ1) is 9.21. The second kappa shape index (κ2) is 6.25. The topological polar surface area (TPSA) is 25.2 Å². The minimum Gasteiger partial charge on any atom is -0.459 e. The molecule has 1 atom stereocenters. The predicted molar refractivity (Wildman–Crippen MR) is 81.7 cm³/mol. The van der Waals surface area contributed by atoms with Crippen molar-refractivity contribution in [2.24, 2.45) is 0 Å². The molecule has 0 saturated heterocycles. The number of nitrogens with one attached hydrogen (secondary N) is 1. The molecule has 2 heteroatoms. The molecule has 2 rings (SSSR count). The lowest BCUT2D eigenvalue weighted by molar-refractivity contribution is 0.523. The van der Waals surface area contributed by atoms with Crippen LogP contribution in [-0.2, 0) is 13.0 Å². The summed E-state index contributed by atoms with van der Waals surface area (Å²) in [7, 11) is 1.97. The van der Waals surface area contributed by atoms with E-state index >= 15 is 0 Å². The summed E-state index contributed by atoms with van der Waals surface area (Å²) in [6.07, 6.45) is 3.42. The van der Waals surface area contributed by atoms with Crippen molar-refractivity contribution in [2.45, 2.75) is 52.5 Å². The Bertz CT molecular complexity index is 541. The first-order valence-electron chi connectivity index (χ1n) is 7.40. The van der Waals surface area contributed by atoms with Crippen LogP contribution in [-0.4, -0.2) is 7.05 Å². The molecule has 1 heterocycles. The molecule has 0 radical (unpaired) electrons. The molecule has 0 spiro atoms. The van der Waals surface area contributed by atoms with Crippen molar-refractivity contribution in [3.8, 4) is 0 Å². The van der Waals surface area contributed by atoms with E-state index in [1.807, 2.05) is 7.05 Å². The van der Waals surface area contributed by atoms with E-state index in [9.17, 15) is 0 Å². The molecule has 2 nitrogen and oxygen atoms in total.